The van der Waals surface area contributed by atoms with Crippen molar-refractivity contribution < 1.29 is 28.7 Å². The summed E-state index contributed by atoms with van der Waals surface area (Å²) in [6, 6.07) is 6.04. The molecule has 0 N–H and O–H groups in total. The van der Waals surface area contributed by atoms with E-state index in [0.717, 1.165) is 0 Å². The summed E-state index contributed by atoms with van der Waals surface area (Å²) in [5, 5.41) is 11.7. The SMILES string of the molecule is COCCOC(=O)C1C(C)=NC(C)=C(C(=O)OCCSC)[C@H]1c1ccccc1[N+](=O)[O-]. The molecule has 0 fully saturated rings. The number of benzene rings is 1. The molecule has 1 aliphatic rings. The Hall–Kier alpha value is -2.72. The van der Waals surface area contributed by atoms with Crippen molar-refractivity contribution in [2.24, 2.45) is 10.9 Å². The maximum Gasteiger partial charge on any atom is 0.336 e. The molecule has 31 heavy (non-hydrogen) atoms. The van der Waals surface area contributed by atoms with Crippen molar-refractivity contribution in [1.29, 1.82) is 0 Å². The number of esters is 2. The number of hydrogen-bond acceptors (Lipinski definition) is 9. The second-order valence-corrected chi connectivity index (χ2v) is 7.80. The van der Waals surface area contributed by atoms with Gasteiger partial charge < -0.3 is 14.2 Å². The van der Waals surface area contributed by atoms with Crippen LogP contribution < -0.4 is 0 Å². The van der Waals surface area contributed by atoms with E-state index < -0.39 is 28.7 Å². The Morgan fingerprint density at radius 2 is 1.87 bits per heavy atom. The number of thioether (sulfide) groups is 1. The van der Waals surface area contributed by atoms with E-state index >= 15 is 0 Å². The Morgan fingerprint density at radius 1 is 1.16 bits per heavy atom. The number of methoxy groups -OCH3 is 1. The molecule has 0 amide bonds. The first-order valence-electron chi connectivity index (χ1n) is 9.64. The highest BCUT2D eigenvalue weighted by atomic mass is 32.2. The zero-order valence-corrected chi connectivity index (χ0v) is 18.8. The van der Waals surface area contributed by atoms with E-state index in [4.69, 9.17) is 14.2 Å². The molecule has 1 aromatic rings. The minimum atomic E-state index is -1.01. The third-order valence-electron chi connectivity index (χ3n) is 4.82. The van der Waals surface area contributed by atoms with Crippen LogP contribution >= 0.6 is 11.8 Å². The van der Waals surface area contributed by atoms with Gasteiger partial charge in [0.1, 0.15) is 19.1 Å². The van der Waals surface area contributed by atoms with Gasteiger partial charge in [-0.25, -0.2) is 4.79 Å². The first kappa shape index (κ1) is 24.5. The van der Waals surface area contributed by atoms with Gasteiger partial charge in [0.05, 0.1) is 17.1 Å². The minimum absolute atomic E-state index is 0.0128. The highest BCUT2D eigenvalue weighted by molar-refractivity contribution is 7.98. The molecule has 0 saturated heterocycles. The first-order chi connectivity index (χ1) is 14.8. The van der Waals surface area contributed by atoms with E-state index in [1.54, 1.807) is 26.0 Å². The maximum atomic E-state index is 13.0. The smallest absolute Gasteiger partial charge is 0.336 e. The number of nitro benzene ring substituents is 1. The van der Waals surface area contributed by atoms with Crippen LogP contribution in [-0.4, -0.2) is 61.5 Å². The Labute approximate surface area is 185 Å². The summed E-state index contributed by atoms with van der Waals surface area (Å²) in [6.07, 6.45) is 1.88. The summed E-state index contributed by atoms with van der Waals surface area (Å²) in [6.45, 7) is 3.65. The maximum absolute atomic E-state index is 13.0. The number of nitro groups is 1. The number of nitrogens with zero attached hydrogens (tertiary/aromatic N) is 2. The molecule has 2 rings (SSSR count). The molecule has 1 heterocycles. The van der Waals surface area contributed by atoms with E-state index in [9.17, 15) is 19.7 Å². The number of ether oxygens (including phenoxy) is 3. The summed E-state index contributed by atoms with van der Waals surface area (Å²) >= 11 is 1.52. The summed E-state index contributed by atoms with van der Waals surface area (Å²) in [5.41, 5.74) is 0.917. The molecule has 1 unspecified atom stereocenters. The molecule has 1 aromatic carbocycles. The molecule has 168 valence electrons. The van der Waals surface area contributed by atoms with Crippen LogP contribution in [0.4, 0.5) is 5.69 Å². The average molecular weight is 451 g/mol. The number of carbonyl (C=O) groups is 2. The van der Waals surface area contributed by atoms with Gasteiger partial charge in [0.15, 0.2) is 0 Å². The zero-order valence-electron chi connectivity index (χ0n) is 18.0. The van der Waals surface area contributed by atoms with Crippen molar-refractivity contribution in [2.45, 2.75) is 19.8 Å². The molecular formula is C21H26N2O7S. The van der Waals surface area contributed by atoms with Crippen LogP contribution in [0.3, 0.4) is 0 Å². The van der Waals surface area contributed by atoms with Crippen LogP contribution in [0, 0.1) is 16.0 Å². The Bertz CT molecular complexity index is 897. The van der Waals surface area contributed by atoms with Gasteiger partial charge in [0, 0.05) is 41.8 Å². The first-order valence-corrected chi connectivity index (χ1v) is 11.0. The molecule has 1 aliphatic heterocycles. The predicted molar refractivity (Wildman–Crippen MR) is 117 cm³/mol. The third-order valence-corrected chi connectivity index (χ3v) is 5.40. The molecule has 0 radical (unpaired) electrons. The van der Waals surface area contributed by atoms with Crippen molar-refractivity contribution >= 4 is 35.1 Å². The monoisotopic (exact) mass is 450 g/mol. The number of aliphatic imine (C=N–C) groups is 1. The van der Waals surface area contributed by atoms with Gasteiger partial charge in [-0.1, -0.05) is 18.2 Å². The Kier molecular flexibility index (Phi) is 9.20. The van der Waals surface area contributed by atoms with E-state index in [0.29, 0.717) is 17.2 Å². The van der Waals surface area contributed by atoms with Crippen LogP contribution in [0.25, 0.3) is 0 Å². The van der Waals surface area contributed by atoms with Crippen molar-refractivity contribution in [3.05, 3.63) is 51.2 Å². The van der Waals surface area contributed by atoms with Crippen molar-refractivity contribution in [3.63, 3.8) is 0 Å². The molecule has 0 spiro atoms. The second-order valence-electron chi connectivity index (χ2n) is 6.81. The lowest BCUT2D eigenvalue weighted by atomic mass is 9.75. The zero-order chi connectivity index (χ0) is 23.0. The van der Waals surface area contributed by atoms with E-state index in [1.807, 2.05) is 6.26 Å². The number of rotatable bonds is 10. The van der Waals surface area contributed by atoms with Crippen LogP contribution in [0.2, 0.25) is 0 Å². The molecule has 0 bridgehead atoms. The van der Waals surface area contributed by atoms with Gasteiger partial charge >= 0.3 is 11.9 Å². The standard InChI is InChI=1S/C21H26N2O7S/c1-13-17(20(24)29-10-9-28-3)19(15-7-5-6-8-16(15)23(26)27)18(14(2)22-13)21(25)30-11-12-31-4/h5-8,17,19H,9-12H2,1-4H3/t17?,19-/m0/s1. The van der Waals surface area contributed by atoms with Gasteiger partial charge in [-0.05, 0) is 20.1 Å². The lowest BCUT2D eigenvalue weighted by molar-refractivity contribution is -0.385. The van der Waals surface area contributed by atoms with Gasteiger partial charge in [-0.2, -0.15) is 11.8 Å². The molecule has 0 aromatic heterocycles. The molecule has 10 heteroatoms. The number of para-hydroxylation sites is 1. The summed E-state index contributed by atoms with van der Waals surface area (Å²) in [5.74, 6) is -2.66. The van der Waals surface area contributed by atoms with E-state index in [2.05, 4.69) is 4.99 Å². The van der Waals surface area contributed by atoms with Crippen LogP contribution in [0.5, 0.6) is 0 Å². The Morgan fingerprint density at radius 3 is 2.52 bits per heavy atom. The lowest BCUT2D eigenvalue weighted by Gasteiger charge is -2.31. The second kappa shape index (κ2) is 11.6. The largest absolute Gasteiger partial charge is 0.463 e. The van der Waals surface area contributed by atoms with Gasteiger partial charge in [-0.15, -0.1) is 0 Å². The number of carbonyl (C=O) groups excluding carboxylic acids is 2. The van der Waals surface area contributed by atoms with Crippen molar-refractivity contribution in [3.8, 4) is 0 Å². The molecule has 0 aliphatic carbocycles. The van der Waals surface area contributed by atoms with Crippen LogP contribution in [0.1, 0.15) is 25.3 Å². The van der Waals surface area contributed by atoms with Crippen molar-refractivity contribution in [1.82, 2.24) is 0 Å². The highest BCUT2D eigenvalue weighted by Crippen LogP contribution is 2.43. The third kappa shape index (κ3) is 5.92. The number of hydrogen-bond donors (Lipinski definition) is 0. The fourth-order valence-corrected chi connectivity index (χ4v) is 3.72. The topological polar surface area (TPSA) is 117 Å². The lowest BCUT2D eigenvalue weighted by Crippen LogP contribution is -2.37. The fraction of sp³-hybridized carbons (Fsp3) is 0.476. The summed E-state index contributed by atoms with van der Waals surface area (Å²) in [7, 11) is 1.48. The number of allylic oxidation sites excluding steroid dienone is 1. The Balaban J connectivity index is 2.58. The molecule has 2 atom stereocenters. The normalized spacial score (nSPS) is 18.4. The van der Waals surface area contributed by atoms with Gasteiger partial charge in [-0.3, -0.25) is 19.9 Å². The van der Waals surface area contributed by atoms with Gasteiger partial charge in [0.2, 0.25) is 0 Å². The minimum Gasteiger partial charge on any atom is -0.463 e. The summed E-state index contributed by atoms with van der Waals surface area (Å²) < 4.78 is 15.6. The predicted octanol–water partition coefficient (Wildman–Crippen LogP) is 3.14. The van der Waals surface area contributed by atoms with Gasteiger partial charge in [0.25, 0.3) is 5.69 Å². The fourth-order valence-electron chi connectivity index (χ4n) is 3.47. The molecular weight excluding hydrogens is 424 g/mol. The van der Waals surface area contributed by atoms with E-state index in [-0.39, 0.29) is 36.6 Å². The van der Waals surface area contributed by atoms with E-state index in [1.165, 1.54) is 31.0 Å². The quantitative estimate of drug-likeness (QED) is 0.231. The average Bonchev–Trinajstić information content (AvgIpc) is 2.73. The van der Waals surface area contributed by atoms with Crippen molar-refractivity contribution in [2.75, 3.05) is 38.9 Å². The van der Waals surface area contributed by atoms with Crippen LogP contribution in [-0.2, 0) is 23.8 Å². The highest BCUT2D eigenvalue weighted by Gasteiger charge is 2.44. The summed E-state index contributed by atoms with van der Waals surface area (Å²) in [4.78, 5) is 41.5. The molecule has 9 nitrogen and oxygen atoms in total. The molecule has 0 saturated carbocycles. The van der Waals surface area contributed by atoms with Crippen LogP contribution in [0.15, 0.2) is 40.5 Å².